The molecule has 0 bridgehead atoms. The number of rotatable bonds is 33. The predicted molar refractivity (Wildman–Crippen MR) is 166 cm³/mol. The molecule has 0 radical (unpaired) electrons. The van der Waals surface area contributed by atoms with E-state index in [-0.39, 0.29) is 84.8 Å². The van der Waals surface area contributed by atoms with Crippen molar-refractivity contribution in [1.29, 1.82) is 0 Å². The van der Waals surface area contributed by atoms with Crippen molar-refractivity contribution < 1.29 is 102 Å². The molecule has 45 heavy (non-hydrogen) atoms. The van der Waals surface area contributed by atoms with Gasteiger partial charge < -0.3 is 38.4 Å². The fraction of sp³-hybridized carbons (Fsp3) is 0.938. The van der Waals surface area contributed by atoms with Crippen molar-refractivity contribution >= 4 is 19.7 Å². The molecule has 0 saturated carbocycles. The zero-order valence-corrected chi connectivity index (χ0v) is 34.2. The fourth-order valence-electron chi connectivity index (χ4n) is 4.77. The molecule has 256 valence electrons. The Balaban J connectivity index is -0.00000882. The minimum absolute atomic E-state index is 0. The van der Waals surface area contributed by atoms with Crippen molar-refractivity contribution in [3.05, 3.63) is 0 Å². The number of hydrogen-bond acceptors (Lipinski definition) is 9. The van der Waals surface area contributed by atoms with Gasteiger partial charge in [-0.15, -0.1) is 0 Å². The summed E-state index contributed by atoms with van der Waals surface area (Å²) in [5.74, 6) is -0.403. The first-order valence-corrected chi connectivity index (χ1v) is 18.5. The van der Waals surface area contributed by atoms with Gasteiger partial charge in [-0.2, -0.15) is 0 Å². The first-order valence-electron chi connectivity index (χ1n) is 17.0. The number of phosphoric ester groups is 1. The Kier molecular flexibility index (Phi) is 42.3. The van der Waals surface area contributed by atoms with Crippen molar-refractivity contribution in [1.82, 2.24) is 5.32 Å². The van der Waals surface area contributed by atoms with Crippen LogP contribution in [0.3, 0.4) is 0 Å². The van der Waals surface area contributed by atoms with Crippen molar-refractivity contribution in [3.63, 3.8) is 0 Å². The summed E-state index contributed by atoms with van der Waals surface area (Å²) in [6.07, 6.45) is 23.7. The Hall–Kier alpha value is 0.970. The van der Waals surface area contributed by atoms with Gasteiger partial charge >= 0.3 is 65.1 Å². The third kappa shape index (κ3) is 42.9. The average molecular weight is 682 g/mol. The monoisotopic (exact) mass is 681 g/mol. The van der Waals surface area contributed by atoms with Gasteiger partial charge in [0, 0.05) is 26.5 Å². The van der Waals surface area contributed by atoms with Gasteiger partial charge in [-0.25, -0.2) is 0 Å². The molecule has 1 N–H and O–H groups in total. The zero-order valence-electron chi connectivity index (χ0n) is 29.3. The van der Waals surface area contributed by atoms with Gasteiger partial charge in [-0.3, -0.25) is 9.59 Å². The Morgan fingerprint density at radius 1 is 0.667 bits per heavy atom. The second kappa shape index (κ2) is 37.8. The van der Waals surface area contributed by atoms with Gasteiger partial charge in [0.1, 0.15) is 12.9 Å². The summed E-state index contributed by atoms with van der Waals surface area (Å²) in [6, 6.07) is 0. The van der Waals surface area contributed by atoms with Crippen molar-refractivity contribution in [2.75, 3.05) is 33.2 Å². The summed E-state index contributed by atoms with van der Waals surface area (Å²) >= 11 is 0. The smallest absolute Gasteiger partial charge is 0.790 e. The quantitative estimate of drug-likeness (QED) is 0.0344. The van der Waals surface area contributed by atoms with Crippen LogP contribution in [0, 0.1) is 0 Å². The third-order valence-corrected chi connectivity index (χ3v) is 7.73. The summed E-state index contributed by atoms with van der Waals surface area (Å²) in [5, 5.41) is 2.84. The number of carbonyl (C=O) groups is 2. The normalized spacial score (nSPS) is 11.8. The van der Waals surface area contributed by atoms with E-state index in [1.54, 1.807) is 6.92 Å². The summed E-state index contributed by atoms with van der Waals surface area (Å²) in [4.78, 5) is 44.7. The minimum atomic E-state index is -5.17. The van der Waals surface area contributed by atoms with Crippen molar-refractivity contribution in [2.24, 2.45) is 0 Å². The maximum atomic E-state index is 12.2. The van der Waals surface area contributed by atoms with Gasteiger partial charge in [0.25, 0.3) is 0 Å². The Labute approximate surface area is 318 Å². The standard InChI is InChI=1S/C32H64NO9P.2Na/c1-3-4-5-6-7-15-18-21-24-32(35)42-31(28-41-43(36,37)38)27-40-29-39-26-23-20-17-14-12-10-8-9-11-13-16-19-22-25-33-30(2)34;;/h31H,3-29H2,1-2H3,(H,33,34)(H2,36,37,38);;/q;2*+1/p-2/t31-;;/m0../s1. The summed E-state index contributed by atoms with van der Waals surface area (Å²) in [5.41, 5.74) is 0. The largest absolute Gasteiger partial charge is 1.00 e. The van der Waals surface area contributed by atoms with Gasteiger partial charge in [0.15, 0.2) is 0 Å². The van der Waals surface area contributed by atoms with Crippen LogP contribution in [-0.4, -0.2) is 51.1 Å². The molecule has 0 unspecified atom stereocenters. The number of carbonyl (C=O) groups excluding carboxylic acids is 2. The molecule has 10 nitrogen and oxygen atoms in total. The van der Waals surface area contributed by atoms with Crippen LogP contribution in [0.4, 0.5) is 0 Å². The fourth-order valence-corrected chi connectivity index (χ4v) is 5.12. The molecule has 0 aliphatic rings. The molecule has 0 saturated heterocycles. The summed E-state index contributed by atoms with van der Waals surface area (Å²) in [7, 11) is -5.17. The maximum absolute atomic E-state index is 12.2. The molecule has 1 atom stereocenters. The maximum Gasteiger partial charge on any atom is 1.00 e. The van der Waals surface area contributed by atoms with Gasteiger partial charge in [0.05, 0.1) is 21.0 Å². The second-order valence-electron chi connectivity index (χ2n) is 11.6. The van der Waals surface area contributed by atoms with Crippen LogP contribution in [-0.2, 0) is 32.9 Å². The van der Waals surface area contributed by atoms with E-state index in [0.717, 1.165) is 45.1 Å². The van der Waals surface area contributed by atoms with E-state index in [1.165, 1.54) is 89.9 Å². The average Bonchev–Trinajstić information content (AvgIpc) is 2.95. The Morgan fingerprint density at radius 2 is 1.13 bits per heavy atom. The third-order valence-electron chi connectivity index (χ3n) is 7.26. The van der Waals surface area contributed by atoms with Crippen LogP contribution >= 0.6 is 7.82 Å². The van der Waals surface area contributed by atoms with Crippen LogP contribution in [0.25, 0.3) is 0 Å². The van der Waals surface area contributed by atoms with Crippen molar-refractivity contribution in [3.8, 4) is 0 Å². The predicted octanol–water partition coefficient (Wildman–Crippen LogP) is 0.480. The number of unbranched alkanes of at least 4 members (excludes halogenated alkanes) is 19. The number of esters is 1. The first-order chi connectivity index (χ1) is 20.7. The van der Waals surface area contributed by atoms with E-state index in [2.05, 4.69) is 16.8 Å². The van der Waals surface area contributed by atoms with Crippen LogP contribution < -0.4 is 74.2 Å². The Bertz CT molecular complexity index is 702. The number of phosphoric acid groups is 1. The van der Waals surface area contributed by atoms with E-state index in [4.69, 9.17) is 14.2 Å². The molecule has 0 spiro atoms. The zero-order chi connectivity index (χ0) is 31.9. The molecular weight excluding hydrogens is 619 g/mol. The van der Waals surface area contributed by atoms with Crippen LogP contribution in [0.15, 0.2) is 0 Å². The molecule has 13 heteroatoms. The summed E-state index contributed by atoms with van der Waals surface area (Å²) in [6.45, 7) is 4.42. The van der Waals surface area contributed by atoms with Crippen LogP contribution in [0.5, 0.6) is 0 Å². The second-order valence-corrected chi connectivity index (χ2v) is 12.7. The van der Waals surface area contributed by atoms with Gasteiger partial charge in [-0.05, 0) is 19.3 Å². The molecule has 0 aromatic heterocycles. The van der Waals surface area contributed by atoms with E-state index in [1.807, 2.05) is 0 Å². The number of ether oxygens (including phenoxy) is 3. The van der Waals surface area contributed by atoms with E-state index >= 15 is 0 Å². The molecule has 0 aromatic rings. The van der Waals surface area contributed by atoms with Gasteiger partial charge in [0.2, 0.25) is 5.91 Å². The molecule has 0 rings (SSSR count). The number of nitrogens with one attached hydrogen (secondary N) is 1. The molecule has 1 amide bonds. The molecule has 0 fully saturated rings. The van der Waals surface area contributed by atoms with E-state index in [0.29, 0.717) is 13.0 Å². The topological polar surface area (TPSA) is 146 Å². The minimum Gasteiger partial charge on any atom is -0.790 e. The Morgan fingerprint density at radius 3 is 1.62 bits per heavy atom. The molecule has 0 aromatic carbocycles. The van der Waals surface area contributed by atoms with Gasteiger partial charge in [-0.1, -0.05) is 122 Å². The molecule has 0 heterocycles. The molecular formula is C32H62NNa2O9P. The SMILES string of the molecule is CCCCCCCCCCC(=O)O[C@@H](COCOCCCCCCCCCCCCCCCNC(C)=O)COP(=O)([O-])[O-].[Na+].[Na+]. The summed E-state index contributed by atoms with van der Waals surface area (Å²) < 4.78 is 31.4. The van der Waals surface area contributed by atoms with Crippen LogP contribution in [0.1, 0.15) is 155 Å². The van der Waals surface area contributed by atoms with E-state index in [9.17, 15) is 23.9 Å². The van der Waals surface area contributed by atoms with Crippen molar-refractivity contribution in [2.45, 2.75) is 161 Å². The molecule has 0 aliphatic carbocycles. The van der Waals surface area contributed by atoms with E-state index < -0.39 is 26.5 Å². The first kappa shape index (κ1) is 50.3. The molecule has 0 aliphatic heterocycles. The van der Waals surface area contributed by atoms with Crippen LogP contribution in [0.2, 0.25) is 0 Å². The number of hydrogen-bond donors (Lipinski definition) is 1. The number of amides is 1.